The molecule has 2 aromatic rings. The van der Waals surface area contributed by atoms with Gasteiger partial charge in [0.2, 0.25) is 0 Å². The highest BCUT2D eigenvalue weighted by atomic mass is 35.5. The molecule has 0 atom stereocenters. The van der Waals surface area contributed by atoms with Crippen molar-refractivity contribution in [2.24, 2.45) is 0 Å². The first-order chi connectivity index (χ1) is 9.74. The molecule has 0 spiro atoms. The number of aromatic nitrogens is 1. The summed E-state index contributed by atoms with van der Waals surface area (Å²) in [5.74, 6) is 0. The fourth-order valence-corrected chi connectivity index (χ4v) is 3.23. The minimum Gasteiger partial charge on any atom is -0.395 e. The number of benzene rings is 1. The van der Waals surface area contributed by atoms with Crippen LogP contribution in [0.4, 0.5) is 0 Å². The molecule has 1 aromatic heterocycles. The van der Waals surface area contributed by atoms with Gasteiger partial charge in [-0.25, -0.2) is 4.98 Å². The summed E-state index contributed by atoms with van der Waals surface area (Å²) in [5, 5.41) is 12.8. The summed E-state index contributed by atoms with van der Waals surface area (Å²) < 4.78 is 0. The Morgan fingerprint density at radius 1 is 1.30 bits per heavy atom. The van der Waals surface area contributed by atoms with Crippen molar-refractivity contribution < 1.29 is 5.11 Å². The highest BCUT2D eigenvalue weighted by Gasteiger charge is 2.10. The lowest BCUT2D eigenvalue weighted by atomic mass is 10.2. The molecule has 3 nitrogen and oxygen atoms in total. The van der Waals surface area contributed by atoms with Gasteiger partial charge in [-0.05, 0) is 19.0 Å². The summed E-state index contributed by atoms with van der Waals surface area (Å²) in [4.78, 5) is 6.87. The molecule has 20 heavy (non-hydrogen) atoms. The van der Waals surface area contributed by atoms with E-state index >= 15 is 0 Å². The van der Waals surface area contributed by atoms with Gasteiger partial charge in [-0.2, -0.15) is 0 Å². The molecule has 108 valence electrons. The van der Waals surface area contributed by atoms with Crippen molar-refractivity contribution in [1.82, 2.24) is 9.88 Å². The van der Waals surface area contributed by atoms with Gasteiger partial charge in [-0.3, -0.25) is 4.90 Å². The molecule has 0 saturated heterocycles. The third-order valence-electron chi connectivity index (χ3n) is 3.00. The minimum absolute atomic E-state index is 0.182. The van der Waals surface area contributed by atoms with Crippen LogP contribution in [0.15, 0.2) is 29.6 Å². The molecule has 1 aromatic carbocycles. The fraction of sp³-hybridized carbons (Fsp3) is 0.400. The Morgan fingerprint density at radius 2 is 2.10 bits per heavy atom. The third-order valence-corrected chi connectivity index (χ3v) is 4.25. The topological polar surface area (TPSA) is 36.4 Å². The minimum atomic E-state index is 0.182. The molecule has 0 radical (unpaired) electrons. The van der Waals surface area contributed by atoms with E-state index in [-0.39, 0.29) is 6.61 Å². The van der Waals surface area contributed by atoms with Crippen LogP contribution in [0.2, 0.25) is 5.02 Å². The molecule has 0 bridgehead atoms. The summed E-state index contributed by atoms with van der Waals surface area (Å²) in [5.41, 5.74) is 2.02. The standard InChI is InChI=1S/C15H19ClN2OS/c1-2-7-18(8-9-19)10-12-11-20-15(17-12)13-5-3-4-6-14(13)16/h3-6,11,19H,2,7-10H2,1H3. The van der Waals surface area contributed by atoms with Crippen molar-refractivity contribution in [3.05, 3.63) is 40.4 Å². The Labute approximate surface area is 128 Å². The second kappa shape index (κ2) is 7.74. The van der Waals surface area contributed by atoms with Crippen molar-refractivity contribution in [2.45, 2.75) is 19.9 Å². The van der Waals surface area contributed by atoms with E-state index in [4.69, 9.17) is 16.7 Å². The van der Waals surface area contributed by atoms with Gasteiger partial charge in [-0.15, -0.1) is 11.3 Å². The van der Waals surface area contributed by atoms with Crippen LogP contribution < -0.4 is 0 Å². The van der Waals surface area contributed by atoms with E-state index in [1.165, 1.54) is 0 Å². The average molecular weight is 311 g/mol. The predicted molar refractivity (Wildman–Crippen MR) is 85.2 cm³/mol. The fourth-order valence-electron chi connectivity index (χ4n) is 2.09. The molecule has 0 saturated carbocycles. The van der Waals surface area contributed by atoms with E-state index in [0.29, 0.717) is 6.54 Å². The molecule has 0 unspecified atom stereocenters. The molecule has 0 aliphatic rings. The second-order valence-corrected chi connectivity index (χ2v) is 5.89. The van der Waals surface area contributed by atoms with Crippen LogP contribution in [-0.4, -0.2) is 34.7 Å². The van der Waals surface area contributed by atoms with Crippen LogP contribution >= 0.6 is 22.9 Å². The number of hydrogen-bond acceptors (Lipinski definition) is 4. The number of hydrogen-bond donors (Lipinski definition) is 1. The quantitative estimate of drug-likeness (QED) is 0.847. The Kier molecular flexibility index (Phi) is 5.98. The van der Waals surface area contributed by atoms with Crippen molar-refractivity contribution in [1.29, 1.82) is 0 Å². The third kappa shape index (κ3) is 4.03. The van der Waals surface area contributed by atoms with E-state index in [2.05, 4.69) is 22.2 Å². The van der Waals surface area contributed by atoms with E-state index in [9.17, 15) is 0 Å². The molecule has 0 amide bonds. The van der Waals surface area contributed by atoms with Crippen LogP contribution in [0.1, 0.15) is 19.0 Å². The lowest BCUT2D eigenvalue weighted by molar-refractivity contribution is 0.189. The zero-order chi connectivity index (χ0) is 14.4. The molecule has 2 rings (SSSR count). The second-order valence-electron chi connectivity index (χ2n) is 4.62. The Morgan fingerprint density at radius 3 is 2.80 bits per heavy atom. The van der Waals surface area contributed by atoms with Gasteiger partial charge in [0.15, 0.2) is 0 Å². The number of nitrogens with zero attached hydrogens (tertiary/aromatic N) is 2. The maximum atomic E-state index is 9.08. The average Bonchev–Trinajstić information content (AvgIpc) is 2.88. The Balaban J connectivity index is 2.10. The molecule has 5 heteroatoms. The van der Waals surface area contributed by atoms with E-state index in [0.717, 1.165) is 40.8 Å². The molecule has 1 heterocycles. The van der Waals surface area contributed by atoms with Gasteiger partial charge in [-0.1, -0.05) is 36.7 Å². The van der Waals surface area contributed by atoms with E-state index < -0.39 is 0 Å². The molecule has 0 fully saturated rings. The molecule has 0 aliphatic carbocycles. The Hall–Kier alpha value is -0.940. The van der Waals surface area contributed by atoms with Gasteiger partial charge in [0.05, 0.1) is 17.3 Å². The zero-order valence-corrected chi connectivity index (χ0v) is 13.1. The highest BCUT2D eigenvalue weighted by molar-refractivity contribution is 7.13. The lowest BCUT2D eigenvalue weighted by Crippen LogP contribution is -2.27. The first-order valence-corrected chi connectivity index (χ1v) is 8.03. The first-order valence-electron chi connectivity index (χ1n) is 6.77. The maximum absolute atomic E-state index is 9.08. The number of thiazole rings is 1. The van der Waals surface area contributed by atoms with E-state index in [1.807, 2.05) is 24.3 Å². The number of rotatable bonds is 7. The molecular weight excluding hydrogens is 292 g/mol. The van der Waals surface area contributed by atoms with Gasteiger partial charge in [0, 0.05) is 24.0 Å². The van der Waals surface area contributed by atoms with Crippen LogP contribution in [0, 0.1) is 0 Å². The van der Waals surface area contributed by atoms with Crippen LogP contribution in [0.5, 0.6) is 0 Å². The van der Waals surface area contributed by atoms with Crippen molar-refractivity contribution in [3.8, 4) is 10.6 Å². The summed E-state index contributed by atoms with van der Waals surface area (Å²) in [6.07, 6.45) is 1.07. The maximum Gasteiger partial charge on any atom is 0.125 e. The van der Waals surface area contributed by atoms with Gasteiger partial charge in [0.1, 0.15) is 5.01 Å². The van der Waals surface area contributed by atoms with Gasteiger partial charge >= 0.3 is 0 Å². The summed E-state index contributed by atoms with van der Waals surface area (Å²) in [6.45, 7) is 4.75. The summed E-state index contributed by atoms with van der Waals surface area (Å²) in [6, 6.07) is 7.76. The Bertz CT molecular complexity index is 538. The molecule has 1 N–H and O–H groups in total. The largest absolute Gasteiger partial charge is 0.395 e. The number of aliphatic hydroxyl groups excluding tert-OH is 1. The number of aliphatic hydroxyl groups is 1. The van der Waals surface area contributed by atoms with Crippen LogP contribution in [0.3, 0.4) is 0 Å². The van der Waals surface area contributed by atoms with Crippen LogP contribution in [0.25, 0.3) is 10.6 Å². The van der Waals surface area contributed by atoms with Crippen molar-refractivity contribution in [3.63, 3.8) is 0 Å². The first kappa shape index (κ1) is 15.4. The van der Waals surface area contributed by atoms with Gasteiger partial charge in [0.25, 0.3) is 0 Å². The normalized spacial score (nSPS) is 11.2. The monoisotopic (exact) mass is 310 g/mol. The van der Waals surface area contributed by atoms with Crippen LogP contribution in [-0.2, 0) is 6.54 Å². The zero-order valence-electron chi connectivity index (χ0n) is 11.6. The smallest absolute Gasteiger partial charge is 0.125 e. The highest BCUT2D eigenvalue weighted by Crippen LogP contribution is 2.30. The number of halogens is 1. The van der Waals surface area contributed by atoms with Crippen molar-refractivity contribution >= 4 is 22.9 Å². The van der Waals surface area contributed by atoms with Crippen molar-refractivity contribution in [2.75, 3.05) is 19.7 Å². The lowest BCUT2D eigenvalue weighted by Gasteiger charge is -2.18. The SMILES string of the molecule is CCCN(CCO)Cc1csc(-c2ccccc2Cl)n1. The summed E-state index contributed by atoms with van der Waals surface area (Å²) in [7, 11) is 0. The summed E-state index contributed by atoms with van der Waals surface area (Å²) >= 11 is 7.81. The van der Waals surface area contributed by atoms with E-state index in [1.54, 1.807) is 11.3 Å². The van der Waals surface area contributed by atoms with Gasteiger partial charge < -0.3 is 5.11 Å². The predicted octanol–water partition coefficient (Wildman–Crippen LogP) is 3.67. The molecule has 0 aliphatic heterocycles. The molecular formula is C15H19ClN2OS.